The van der Waals surface area contributed by atoms with E-state index in [2.05, 4.69) is 95.1 Å². The fourth-order valence-electron chi connectivity index (χ4n) is 2.30. The van der Waals surface area contributed by atoms with Gasteiger partial charge in [0.05, 0.1) is 0 Å². The molecule has 0 saturated heterocycles. The lowest BCUT2D eigenvalue weighted by Gasteiger charge is -2.28. The number of likely N-dealkylation sites (N-methyl/N-ethyl adjacent to an activating group) is 1. The summed E-state index contributed by atoms with van der Waals surface area (Å²) in [6, 6.07) is 7.28. The standard InChI is InChI=1S/C16H26Br2N2/c1-11(2)8-14(20(4)5)10-19-12(3)15-7-6-13(17)9-16(15)18/h6-7,9,11-12,14,19H,8,10H2,1-5H3. The number of nitrogens with zero attached hydrogens (tertiary/aromatic N) is 1. The minimum Gasteiger partial charge on any atom is -0.309 e. The molecule has 2 unspecified atom stereocenters. The van der Waals surface area contributed by atoms with Crippen molar-refractivity contribution in [1.82, 2.24) is 10.2 Å². The van der Waals surface area contributed by atoms with Crippen LogP contribution in [0.15, 0.2) is 27.1 Å². The van der Waals surface area contributed by atoms with Crippen molar-refractivity contribution in [3.63, 3.8) is 0 Å². The molecular weight excluding hydrogens is 380 g/mol. The van der Waals surface area contributed by atoms with Crippen molar-refractivity contribution in [2.75, 3.05) is 20.6 Å². The summed E-state index contributed by atoms with van der Waals surface area (Å²) in [5, 5.41) is 3.66. The largest absolute Gasteiger partial charge is 0.309 e. The predicted molar refractivity (Wildman–Crippen MR) is 95.2 cm³/mol. The monoisotopic (exact) mass is 404 g/mol. The Bertz CT molecular complexity index is 419. The molecular formula is C16H26Br2N2. The first-order valence-electron chi connectivity index (χ1n) is 7.16. The lowest BCUT2D eigenvalue weighted by molar-refractivity contribution is 0.242. The molecule has 0 aliphatic rings. The molecule has 1 aromatic carbocycles. The van der Waals surface area contributed by atoms with E-state index in [1.54, 1.807) is 0 Å². The Morgan fingerprint density at radius 3 is 2.30 bits per heavy atom. The van der Waals surface area contributed by atoms with Gasteiger partial charge in [-0.2, -0.15) is 0 Å². The number of benzene rings is 1. The Balaban J connectivity index is 2.62. The molecule has 1 N–H and O–H groups in total. The van der Waals surface area contributed by atoms with Gasteiger partial charge in [0, 0.05) is 27.6 Å². The van der Waals surface area contributed by atoms with Gasteiger partial charge in [-0.3, -0.25) is 0 Å². The number of nitrogens with one attached hydrogen (secondary N) is 1. The SMILES string of the molecule is CC(C)CC(CNC(C)c1ccc(Br)cc1Br)N(C)C. The van der Waals surface area contributed by atoms with Crippen molar-refractivity contribution in [1.29, 1.82) is 0 Å². The smallest absolute Gasteiger partial charge is 0.0303 e. The third-order valence-electron chi connectivity index (χ3n) is 3.56. The molecule has 0 spiro atoms. The van der Waals surface area contributed by atoms with E-state index in [1.807, 2.05) is 0 Å². The molecule has 20 heavy (non-hydrogen) atoms. The van der Waals surface area contributed by atoms with Gasteiger partial charge in [0.2, 0.25) is 0 Å². The fraction of sp³-hybridized carbons (Fsp3) is 0.625. The molecule has 0 bridgehead atoms. The van der Waals surface area contributed by atoms with Crippen LogP contribution >= 0.6 is 31.9 Å². The van der Waals surface area contributed by atoms with E-state index < -0.39 is 0 Å². The van der Waals surface area contributed by atoms with Crippen molar-refractivity contribution >= 4 is 31.9 Å². The second kappa shape index (κ2) is 8.52. The number of hydrogen-bond donors (Lipinski definition) is 1. The average molecular weight is 406 g/mol. The van der Waals surface area contributed by atoms with E-state index in [-0.39, 0.29) is 0 Å². The van der Waals surface area contributed by atoms with E-state index in [4.69, 9.17) is 0 Å². The molecule has 0 fully saturated rings. The van der Waals surface area contributed by atoms with Crippen LogP contribution in [-0.4, -0.2) is 31.6 Å². The molecule has 0 saturated carbocycles. The number of rotatable bonds is 7. The Morgan fingerprint density at radius 2 is 1.80 bits per heavy atom. The summed E-state index contributed by atoms with van der Waals surface area (Å²) >= 11 is 7.14. The van der Waals surface area contributed by atoms with Crippen LogP contribution in [0, 0.1) is 5.92 Å². The highest BCUT2D eigenvalue weighted by Crippen LogP contribution is 2.26. The van der Waals surface area contributed by atoms with Crippen molar-refractivity contribution in [3.05, 3.63) is 32.7 Å². The normalized spacial score (nSPS) is 14.8. The van der Waals surface area contributed by atoms with Crippen LogP contribution in [0.25, 0.3) is 0 Å². The van der Waals surface area contributed by atoms with E-state index >= 15 is 0 Å². The van der Waals surface area contributed by atoms with Crippen LogP contribution in [-0.2, 0) is 0 Å². The van der Waals surface area contributed by atoms with Crippen LogP contribution in [0.2, 0.25) is 0 Å². The molecule has 0 heterocycles. The summed E-state index contributed by atoms with van der Waals surface area (Å²) in [5.74, 6) is 0.721. The van der Waals surface area contributed by atoms with Crippen LogP contribution in [0.3, 0.4) is 0 Å². The van der Waals surface area contributed by atoms with E-state index in [0.717, 1.165) is 21.4 Å². The molecule has 1 rings (SSSR count). The van der Waals surface area contributed by atoms with Gasteiger partial charge in [-0.05, 0) is 51.1 Å². The quantitative estimate of drug-likeness (QED) is 0.698. The lowest BCUT2D eigenvalue weighted by atomic mass is 10.0. The van der Waals surface area contributed by atoms with Gasteiger partial charge >= 0.3 is 0 Å². The maximum atomic E-state index is 3.66. The lowest BCUT2D eigenvalue weighted by Crippen LogP contribution is -2.39. The third-order valence-corrected chi connectivity index (χ3v) is 4.74. The second-order valence-electron chi connectivity index (χ2n) is 6.04. The molecule has 114 valence electrons. The van der Waals surface area contributed by atoms with Crippen LogP contribution in [0.4, 0.5) is 0 Å². The van der Waals surface area contributed by atoms with Gasteiger partial charge in [-0.15, -0.1) is 0 Å². The number of halogens is 2. The summed E-state index contributed by atoms with van der Waals surface area (Å²) in [6.07, 6.45) is 1.22. The zero-order valence-electron chi connectivity index (χ0n) is 13.1. The predicted octanol–water partition coefficient (Wildman–Crippen LogP) is 4.84. The van der Waals surface area contributed by atoms with E-state index in [0.29, 0.717) is 12.1 Å². The summed E-state index contributed by atoms with van der Waals surface area (Å²) in [7, 11) is 4.32. The first kappa shape index (κ1) is 18.1. The minimum atomic E-state index is 0.340. The molecule has 2 atom stereocenters. The Morgan fingerprint density at radius 1 is 1.15 bits per heavy atom. The van der Waals surface area contributed by atoms with Gasteiger partial charge in [-0.1, -0.05) is 51.8 Å². The van der Waals surface area contributed by atoms with Gasteiger partial charge in [0.25, 0.3) is 0 Å². The number of hydrogen-bond acceptors (Lipinski definition) is 2. The van der Waals surface area contributed by atoms with Gasteiger partial charge in [-0.25, -0.2) is 0 Å². The highest BCUT2D eigenvalue weighted by atomic mass is 79.9. The zero-order valence-corrected chi connectivity index (χ0v) is 16.3. The van der Waals surface area contributed by atoms with Gasteiger partial charge in [0.1, 0.15) is 0 Å². The van der Waals surface area contributed by atoms with E-state index in [1.165, 1.54) is 12.0 Å². The Hall–Kier alpha value is 0.1000. The molecule has 4 heteroatoms. The Labute approximate surface area is 140 Å². The highest BCUT2D eigenvalue weighted by Gasteiger charge is 2.16. The topological polar surface area (TPSA) is 15.3 Å². The first-order valence-corrected chi connectivity index (χ1v) is 8.74. The van der Waals surface area contributed by atoms with Crippen LogP contribution in [0.1, 0.15) is 38.8 Å². The summed E-state index contributed by atoms with van der Waals surface area (Å²) in [4.78, 5) is 2.32. The third kappa shape index (κ3) is 5.84. The highest BCUT2D eigenvalue weighted by molar-refractivity contribution is 9.11. The van der Waals surface area contributed by atoms with Crippen molar-refractivity contribution in [2.45, 2.75) is 39.3 Å². The molecule has 2 nitrogen and oxygen atoms in total. The average Bonchev–Trinajstić information content (AvgIpc) is 2.33. The zero-order chi connectivity index (χ0) is 15.3. The van der Waals surface area contributed by atoms with Crippen molar-refractivity contribution in [2.24, 2.45) is 5.92 Å². The Kier molecular flexibility index (Phi) is 7.73. The maximum absolute atomic E-state index is 3.66. The maximum Gasteiger partial charge on any atom is 0.0303 e. The molecule has 0 aromatic heterocycles. The van der Waals surface area contributed by atoms with Crippen molar-refractivity contribution in [3.8, 4) is 0 Å². The first-order chi connectivity index (χ1) is 9.31. The van der Waals surface area contributed by atoms with Crippen molar-refractivity contribution < 1.29 is 0 Å². The van der Waals surface area contributed by atoms with Gasteiger partial charge in [0.15, 0.2) is 0 Å². The fourth-order valence-corrected chi connectivity index (χ4v) is 3.69. The minimum absolute atomic E-state index is 0.340. The molecule has 0 radical (unpaired) electrons. The van der Waals surface area contributed by atoms with Gasteiger partial charge < -0.3 is 10.2 Å². The summed E-state index contributed by atoms with van der Waals surface area (Å²) in [6.45, 7) is 7.79. The summed E-state index contributed by atoms with van der Waals surface area (Å²) in [5.41, 5.74) is 1.30. The second-order valence-corrected chi connectivity index (χ2v) is 7.81. The summed E-state index contributed by atoms with van der Waals surface area (Å²) < 4.78 is 2.25. The van der Waals surface area contributed by atoms with E-state index in [9.17, 15) is 0 Å². The van der Waals surface area contributed by atoms with Crippen LogP contribution in [0.5, 0.6) is 0 Å². The molecule has 1 aromatic rings. The molecule has 0 aliphatic carbocycles. The van der Waals surface area contributed by atoms with Crippen LogP contribution < -0.4 is 5.32 Å². The molecule has 0 amide bonds. The molecule has 0 aliphatic heterocycles.